The van der Waals surface area contributed by atoms with Crippen LogP contribution in [-0.2, 0) is 0 Å². The molecule has 0 fully saturated rings. The number of nitrogens with one attached hydrogen (secondary N) is 1. The smallest absolute Gasteiger partial charge is 0.313 e. The zero-order valence-electron chi connectivity index (χ0n) is 10.7. The van der Waals surface area contributed by atoms with E-state index in [9.17, 15) is 22.0 Å². The summed E-state index contributed by atoms with van der Waals surface area (Å²) in [6.07, 6.45) is -5.36. The number of hydrogen-bond donors (Lipinski definition) is 1. The molecule has 0 aliphatic heterocycles. The molecule has 0 amide bonds. The standard InChI is InChI=1S/C13H16F5N/c1-8-5-6-9(14)11(12(8)15)10(19-2)4-3-7-13(16,17)18/h5-6,10,19H,3-4,7H2,1-2H3. The van der Waals surface area contributed by atoms with Gasteiger partial charge in [0.1, 0.15) is 11.6 Å². The predicted molar refractivity (Wildman–Crippen MR) is 62.8 cm³/mol. The van der Waals surface area contributed by atoms with Gasteiger partial charge in [-0.15, -0.1) is 0 Å². The van der Waals surface area contributed by atoms with Crippen molar-refractivity contribution in [3.8, 4) is 0 Å². The molecule has 0 aliphatic carbocycles. The van der Waals surface area contributed by atoms with Crippen LogP contribution >= 0.6 is 0 Å². The molecule has 0 spiro atoms. The molecule has 0 saturated carbocycles. The Hall–Kier alpha value is -1.17. The Labute approximate surface area is 108 Å². The molecular weight excluding hydrogens is 265 g/mol. The Morgan fingerprint density at radius 3 is 2.37 bits per heavy atom. The molecule has 1 aromatic rings. The lowest BCUT2D eigenvalue weighted by Crippen LogP contribution is -2.20. The van der Waals surface area contributed by atoms with Crippen molar-refractivity contribution in [1.29, 1.82) is 0 Å². The van der Waals surface area contributed by atoms with Crippen molar-refractivity contribution in [2.45, 2.75) is 38.4 Å². The molecule has 0 radical (unpaired) electrons. The Morgan fingerprint density at radius 2 is 1.84 bits per heavy atom. The Balaban J connectivity index is 2.83. The van der Waals surface area contributed by atoms with Crippen molar-refractivity contribution in [2.24, 2.45) is 0 Å². The van der Waals surface area contributed by atoms with Crippen LogP contribution in [-0.4, -0.2) is 13.2 Å². The van der Waals surface area contributed by atoms with Crippen molar-refractivity contribution < 1.29 is 22.0 Å². The average Bonchev–Trinajstić information content (AvgIpc) is 2.31. The van der Waals surface area contributed by atoms with Gasteiger partial charge in [-0.3, -0.25) is 0 Å². The zero-order chi connectivity index (χ0) is 14.6. The molecule has 1 atom stereocenters. The van der Waals surface area contributed by atoms with Crippen LogP contribution in [0.1, 0.15) is 36.4 Å². The number of aryl methyl sites for hydroxylation is 1. The highest BCUT2D eigenvalue weighted by Gasteiger charge is 2.28. The van der Waals surface area contributed by atoms with Gasteiger partial charge in [0.05, 0.1) is 0 Å². The number of rotatable bonds is 5. The van der Waals surface area contributed by atoms with E-state index in [1.165, 1.54) is 20.0 Å². The average molecular weight is 281 g/mol. The molecule has 1 rings (SSSR count). The van der Waals surface area contributed by atoms with Crippen LogP contribution in [0.3, 0.4) is 0 Å². The highest BCUT2D eigenvalue weighted by atomic mass is 19.4. The van der Waals surface area contributed by atoms with Gasteiger partial charge in [-0.2, -0.15) is 13.2 Å². The van der Waals surface area contributed by atoms with Crippen LogP contribution in [0.4, 0.5) is 22.0 Å². The number of benzene rings is 1. The van der Waals surface area contributed by atoms with E-state index in [-0.39, 0.29) is 24.0 Å². The van der Waals surface area contributed by atoms with Gasteiger partial charge in [0.2, 0.25) is 0 Å². The fraction of sp³-hybridized carbons (Fsp3) is 0.538. The van der Waals surface area contributed by atoms with Gasteiger partial charge in [-0.25, -0.2) is 8.78 Å². The second kappa shape index (κ2) is 6.32. The fourth-order valence-corrected chi connectivity index (χ4v) is 1.94. The van der Waals surface area contributed by atoms with Crippen molar-refractivity contribution in [1.82, 2.24) is 5.32 Å². The molecule has 108 valence electrons. The molecule has 1 N–H and O–H groups in total. The van der Waals surface area contributed by atoms with E-state index in [0.29, 0.717) is 0 Å². The minimum Gasteiger partial charge on any atom is -0.313 e. The first-order chi connectivity index (χ1) is 8.76. The summed E-state index contributed by atoms with van der Waals surface area (Å²) in [5, 5.41) is 2.67. The summed E-state index contributed by atoms with van der Waals surface area (Å²) in [6.45, 7) is 1.49. The number of halogens is 5. The molecule has 0 aliphatic rings. The summed E-state index contributed by atoms with van der Waals surface area (Å²) < 4.78 is 63.7. The monoisotopic (exact) mass is 281 g/mol. The van der Waals surface area contributed by atoms with Crippen molar-refractivity contribution >= 4 is 0 Å². The van der Waals surface area contributed by atoms with Crippen LogP contribution in [0.25, 0.3) is 0 Å². The molecule has 0 saturated heterocycles. The maximum atomic E-state index is 13.9. The van der Waals surface area contributed by atoms with Crippen molar-refractivity contribution in [2.75, 3.05) is 7.05 Å². The lowest BCUT2D eigenvalue weighted by molar-refractivity contribution is -0.135. The third-order valence-electron chi connectivity index (χ3n) is 2.97. The van der Waals surface area contributed by atoms with Crippen LogP contribution < -0.4 is 5.32 Å². The molecule has 6 heteroatoms. The third kappa shape index (κ3) is 4.45. The normalized spacial score (nSPS) is 13.6. The minimum atomic E-state index is -4.25. The van der Waals surface area contributed by atoms with E-state index in [1.54, 1.807) is 0 Å². The first-order valence-corrected chi connectivity index (χ1v) is 5.94. The van der Waals surface area contributed by atoms with E-state index in [2.05, 4.69) is 5.32 Å². The molecular formula is C13H16F5N. The van der Waals surface area contributed by atoms with Crippen molar-refractivity contribution in [3.63, 3.8) is 0 Å². The summed E-state index contributed by atoms with van der Waals surface area (Å²) in [5.74, 6) is -1.44. The third-order valence-corrected chi connectivity index (χ3v) is 2.97. The highest BCUT2D eigenvalue weighted by Crippen LogP contribution is 2.29. The topological polar surface area (TPSA) is 12.0 Å². The van der Waals surface area contributed by atoms with E-state index in [4.69, 9.17) is 0 Å². The number of alkyl halides is 3. The molecule has 1 aromatic carbocycles. The molecule has 0 bridgehead atoms. The fourth-order valence-electron chi connectivity index (χ4n) is 1.94. The molecule has 1 unspecified atom stereocenters. The molecule has 0 aromatic heterocycles. The van der Waals surface area contributed by atoms with E-state index in [0.717, 1.165) is 6.07 Å². The van der Waals surface area contributed by atoms with Gasteiger partial charge in [0.15, 0.2) is 0 Å². The summed E-state index contributed by atoms with van der Waals surface area (Å²) in [6, 6.07) is 1.67. The van der Waals surface area contributed by atoms with Gasteiger partial charge in [0.25, 0.3) is 0 Å². The predicted octanol–water partition coefficient (Wildman–Crippen LogP) is 4.27. The Morgan fingerprint density at radius 1 is 1.21 bits per heavy atom. The number of hydrogen-bond acceptors (Lipinski definition) is 1. The second-order valence-electron chi connectivity index (χ2n) is 4.44. The maximum absolute atomic E-state index is 13.9. The Kier molecular flexibility index (Phi) is 5.29. The molecule has 19 heavy (non-hydrogen) atoms. The van der Waals surface area contributed by atoms with E-state index >= 15 is 0 Å². The first-order valence-electron chi connectivity index (χ1n) is 5.94. The summed E-state index contributed by atoms with van der Waals surface area (Å²) >= 11 is 0. The van der Waals surface area contributed by atoms with E-state index < -0.39 is 30.3 Å². The lowest BCUT2D eigenvalue weighted by atomic mass is 9.98. The van der Waals surface area contributed by atoms with Gasteiger partial charge in [-0.05, 0) is 38.4 Å². The van der Waals surface area contributed by atoms with Gasteiger partial charge in [-0.1, -0.05) is 6.07 Å². The lowest BCUT2D eigenvalue weighted by Gasteiger charge is -2.19. The highest BCUT2D eigenvalue weighted by molar-refractivity contribution is 5.29. The summed E-state index contributed by atoms with van der Waals surface area (Å²) in [7, 11) is 1.47. The molecule has 0 heterocycles. The largest absolute Gasteiger partial charge is 0.389 e. The quantitative estimate of drug-likeness (QED) is 0.795. The zero-order valence-corrected chi connectivity index (χ0v) is 10.7. The minimum absolute atomic E-state index is 0.0211. The SMILES string of the molecule is CNC(CCCC(F)(F)F)c1c(F)ccc(C)c1F. The molecule has 1 nitrogen and oxygen atoms in total. The van der Waals surface area contributed by atoms with Crippen LogP contribution in [0, 0.1) is 18.6 Å². The van der Waals surface area contributed by atoms with Gasteiger partial charge < -0.3 is 5.32 Å². The van der Waals surface area contributed by atoms with Crippen LogP contribution in [0.2, 0.25) is 0 Å². The first kappa shape index (κ1) is 15.9. The van der Waals surface area contributed by atoms with Gasteiger partial charge >= 0.3 is 6.18 Å². The maximum Gasteiger partial charge on any atom is 0.389 e. The Bertz CT molecular complexity index is 428. The summed E-state index contributed by atoms with van der Waals surface area (Å²) in [5.41, 5.74) is 0.0807. The summed E-state index contributed by atoms with van der Waals surface area (Å²) in [4.78, 5) is 0. The van der Waals surface area contributed by atoms with Crippen molar-refractivity contribution in [3.05, 3.63) is 34.9 Å². The second-order valence-corrected chi connectivity index (χ2v) is 4.44. The van der Waals surface area contributed by atoms with Crippen LogP contribution in [0.15, 0.2) is 12.1 Å². The van der Waals surface area contributed by atoms with Gasteiger partial charge in [0, 0.05) is 18.0 Å². The van der Waals surface area contributed by atoms with Crippen LogP contribution in [0.5, 0.6) is 0 Å². The van der Waals surface area contributed by atoms with E-state index in [1.807, 2.05) is 0 Å².